The Labute approximate surface area is 199 Å². The van der Waals surface area contributed by atoms with Crippen molar-refractivity contribution in [2.75, 3.05) is 29.9 Å². The van der Waals surface area contributed by atoms with Gasteiger partial charge in [0.1, 0.15) is 12.4 Å². The number of amides is 2. The third kappa shape index (κ3) is 4.76. The number of hydrogen-bond acceptors (Lipinski definition) is 8. The van der Waals surface area contributed by atoms with E-state index in [2.05, 4.69) is 25.4 Å². The van der Waals surface area contributed by atoms with Gasteiger partial charge in [-0.2, -0.15) is 0 Å². The first-order valence-corrected chi connectivity index (χ1v) is 11.8. The van der Waals surface area contributed by atoms with E-state index in [0.29, 0.717) is 59.4 Å². The predicted octanol–water partition coefficient (Wildman–Crippen LogP) is 3.23. The van der Waals surface area contributed by atoms with Crippen molar-refractivity contribution in [3.8, 4) is 5.19 Å². The fraction of sp³-hybridized carbons (Fsp3) is 0.318. The van der Waals surface area contributed by atoms with E-state index in [9.17, 15) is 9.59 Å². The fourth-order valence-corrected chi connectivity index (χ4v) is 4.81. The van der Waals surface area contributed by atoms with Crippen LogP contribution in [-0.4, -0.2) is 57.6 Å². The van der Waals surface area contributed by atoms with Crippen molar-refractivity contribution in [1.82, 2.24) is 20.1 Å². The second-order valence-corrected chi connectivity index (χ2v) is 9.22. The summed E-state index contributed by atoms with van der Waals surface area (Å²) in [6.07, 6.45) is 3.10. The van der Waals surface area contributed by atoms with Crippen LogP contribution in [0.3, 0.4) is 0 Å². The zero-order valence-corrected chi connectivity index (χ0v) is 19.2. The third-order valence-electron chi connectivity index (χ3n) is 5.73. The van der Waals surface area contributed by atoms with Crippen LogP contribution in [0.25, 0.3) is 0 Å². The van der Waals surface area contributed by atoms with Crippen LogP contribution in [0.2, 0.25) is 5.02 Å². The van der Waals surface area contributed by atoms with Crippen LogP contribution in [0.4, 0.5) is 10.9 Å². The lowest BCUT2D eigenvalue weighted by atomic mass is 10.1. The van der Waals surface area contributed by atoms with Gasteiger partial charge in [-0.25, -0.2) is 4.98 Å². The maximum absolute atomic E-state index is 13.0. The number of rotatable bonds is 6. The SMILES string of the molecule is O=C(Nc1nnc(OCc2ccc(Cl)cc2)s1)c1cccnc1N1CCN2C(=O)CCC2C1. The number of pyridine rings is 1. The first kappa shape index (κ1) is 21.6. The molecular formula is C22H21ClN6O3S. The van der Waals surface area contributed by atoms with Gasteiger partial charge in [-0.15, -0.1) is 5.10 Å². The van der Waals surface area contributed by atoms with Gasteiger partial charge in [-0.1, -0.05) is 28.8 Å². The second-order valence-electron chi connectivity index (χ2n) is 7.84. The van der Waals surface area contributed by atoms with Gasteiger partial charge in [0, 0.05) is 43.3 Å². The van der Waals surface area contributed by atoms with Crippen LogP contribution in [0.15, 0.2) is 42.6 Å². The molecule has 0 spiro atoms. The lowest BCUT2D eigenvalue weighted by Crippen LogP contribution is -2.52. The molecule has 0 bridgehead atoms. The van der Waals surface area contributed by atoms with Crippen LogP contribution in [0.5, 0.6) is 5.19 Å². The highest BCUT2D eigenvalue weighted by Gasteiger charge is 2.36. The number of aromatic nitrogens is 3. The number of nitrogens with zero attached hydrogens (tertiary/aromatic N) is 5. The Kier molecular flexibility index (Phi) is 6.10. The molecule has 2 aliphatic rings. The molecule has 3 aromatic rings. The van der Waals surface area contributed by atoms with E-state index in [1.165, 1.54) is 0 Å². The molecule has 2 aliphatic heterocycles. The van der Waals surface area contributed by atoms with Crippen LogP contribution in [-0.2, 0) is 11.4 Å². The molecule has 2 saturated heterocycles. The third-order valence-corrected chi connectivity index (χ3v) is 6.73. The van der Waals surface area contributed by atoms with Crippen LogP contribution in [0, 0.1) is 0 Å². The summed E-state index contributed by atoms with van der Waals surface area (Å²) in [5, 5.41) is 12.2. The Morgan fingerprint density at radius 2 is 2.06 bits per heavy atom. The summed E-state index contributed by atoms with van der Waals surface area (Å²) in [6, 6.07) is 11.0. The number of hydrogen-bond donors (Lipinski definition) is 1. The standard InChI is InChI=1S/C22H21ClN6O3S/c23-15-5-3-14(4-6-15)13-32-22-27-26-21(33-22)25-20(31)17-2-1-9-24-19(17)28-10-11-29-16(12-28)7-8-18(29)30/h1-6,9,16H,7-8,10-13H2,(H,25,26,31). The van der Waals surface area contributed by atoms with Crippen molar-refractivity contribution < 1.29 is 14.3 Å². The Bertz CT molecular complexity index is 1170. The minimum Gasteiger partial charge on any atom is -0.464 e. The number of anilines is 2. The van der Waals surface area contributed by atoms with Crippen molar-refractivity contribution in [1.29, 1.82) is 0 Å². The lowest BCUT2D eigenvalue weighted by Gasteiger charge is -2.38. The Morgan fingerprint density at radius 3 is 2.91 bits per heavy atom. The second kappa shape index (κ2) is 9.32. The van der Waals surface area contributed by atoms with Crippen molar-refractivity contribution in [2.45, 2.75) is 25.5 Å². The molecule has 0 radical (unpaired) electrons. The van der Waals surface area contributed by atoms with Crippen LogP contribution in [0.1, 0.15) is 28.8 Å². The van der Waals surface area contributed by atoms with E-state index in [-0.39, 0.29) is 17.9 Å². The maximum Gasteiger partial charge on any atom is 0.296 e. The first-order chi connectivity index (χ1) is 16.1. The van der Waals surface area contributed by atoms with Crippen molar-refractivity contribution in [3.63, 3.8) is 0 Å². The Morgan fingerprint density at radius 1 is 1.21 bits per heavy atom. The van der Waals surface area contributed by atoms with E-state index in [1.54, 1.807) is 30.5 Å². The summed E-state index contributed by atoms with van der Waals surface area (Å²) in [5.41, 5.74) is 1.40. The summed E-state index contributed by atoms with van der Waals surface area (Å²) in [5.74, 6) is 0.505. The molecule has 4 heterocycles. The van der Waals surface area contributed by atoms with Crippen molar-refractivity contribution in [2.24, 2.45) is 0 Å². The van der Waals surface area contributed by atoms with Gasteiger partial charge < -0.3 is 14.5 Å². The monoisotopic (exact) mass is 484 g/mol. The molecule has 2 aromatic heterocycles. The number of piperazine rings is 1. The van der Waals surface area contributed by atoms with Gasteiger partial charge >= 0.3 is 0 Å². The quantitative estimate of drug-likeness (QED) is 0.573. The Hall–Kier alpha value is -3.24. The predicted molar refractivity (Wildman–Crippen MR) is 125 cm³/mol. The minimum absolute atomic E-state index is 0.174. The normalized spacial score (nSPS) is 17.7. The molecular weight excluding hydrogens is 464 g/mol. The van der Waals surface area contributed by atoms with Crippen molar-refractivity contribution >= 4 is 45.7 Å². The van der Waals surface area contributed by atoms with Crippen LogP contribution >= 0.6 is 22.9 Å². The average molecular weight is 485 g/mol. The molecule has 170 valence electrons. The topological polar surface area (TPSA) is 101 Å². The number of benzene rings is 1. The molecule has 33 heavy (non-hydrogen) atoms. The number of carbonyl (C=O) groups excluding carboxylic acids is 2. The van der Waals surface area contributed by atoms with Gasteiger partial charge in [-0.3, -0.25) is 14.9 Å². The maximum atomic E-state index is 13.0. The fourth-order valence-electron chi connectivity index (χ4n) is 4.09. The summed E-state index contributed by atoms with van der Waals surface area (Å²) >= 11 is 7.05. The molecule has 2 fully saturated rings. The number of halogens is 1. The largest absolute Gasteiger partial charge is 0.464 e. The van der Waals surface area contributed by atoms with Crippen molar-refractivity contribution in [3.05, 3.63) is 58.7 Å². The zero-order valence-electron chi connectivity index (χ0n) is 17.6. The summed E-state index contributed by atoms with van der Waals surface area (Å²) in [4.78, 5) is 33.5. The van der Waals surface area contributed by atoms with E-state index in [4.69, 9.17) is 16.3 Å². The first-order valence-electron chi connectivity index (χ1n) is 10.6. The summed E-state index contributed by atoms with van der Waals surface area (Å²) in [7, 11) is 0. The Balaban J connectivity index is 1.24. The van der Waals surface area contributed by atoms with E-state index in [0.717, 1.165) is 23.3 Å². The minimum atomic E-state index is -0.316. The number of fused-ring (bicyclic) bond motifs is 1. The van der Waals surface area contributed by atoms with Gasteiger partial charge in [0.15, 0.2) is 0 Å². The molecule has 11 heteroatoms. The molecule has 1 aromatic carbocycles. The molecule has 0 saturated carbocycles. The van der Waals surface area contributed by atoms with Gasteiger partial charge in [0.05, 0.1) is 5.56 Å². The van der Waals surface area contributed by atoms with E-state index >= 15 is 0 Å². The average Bonchev–Trinajstić information content (AvgIpc) is 3.44. The lowest BCUT2D eigenvalue weighted by molar-refractivity contribution is -0.129. The molecule has 1 unspecified atom stereocenters. The number of carbonyl (C=O) groups is 2. The van der Waals surface area contributed by atoms with Gasteiger partial charge in [-0.05, 0) is 47.6 Å². The summed E-state index contributed by atoms with van der Waals surface area (Å²) in [6.45, 7) is 2.28. The molecule has 0 aliphatic carbocycles. The number of nitrogens with one attached hydrogen (secondary N) is 1. The smallest absolute Gasteiger partial charge is 0.296 e. The molecule has 9 nitrogen and oxygen atoms in total. The van der Waals surface area contributed by atoms with Gasteiger partial charge in [0.2, 0.25) is 11.0 Å². The highest BCUT2D eigenvalue weighted by molar-refractivity contribution is 7.17. The molecule has 1 N–H and O–H groups in total. The van der Waals surface area contributed by atoms with E-state index in [1.807, 2.05) is 17.0 Å². The molecule has 2 amide bonds. The number of ether oxygens (including phenoxy) is 1. The molecule has 1 atom stereocenters. The zero-order chi connectivity index (χ0) is 22.8. The summed E-state index contributed by atoms with van der Waals surface area (Å²) < 4.78 is 5.67. The molecule has 5 rings (SSSR count). The van der Waals surface area contributed by atoms with E-state index < -0.39 is 0 Å². The highest BCUT2D eigenvalue weighted by atomic mass is 35.5. The van der Waals surface area contributed by atoms with Gasteiger partial charge in [0.25, 0.3) is 11.1 Å². The highest BCUT2D eigenvalue weighted by Crippen LogP contribution is 2.28. The van der Waals surface area contributed by atoms with Crippen LogP contribution < -0.4 is 15.0 Å².